The number of amides is 1. The fourth-order valence-corrected chi connectivity index (χ4v) is 2.24. The zero-order valence-electron chi connectivity index (χ0n) is 9.69. The lowest BCUT2D eigenvalue weighted by Gasteiger charge is -2.42. The van der Waals surface area contributed by atoms with Gasteiger partial charge in [-0.05, 0) is 31.7 Å². The number of ketones is 1. The predicted molar refractivity (Wildman–Crippen MR) is 63.1 cm³/mol. The molecule has 0 radical (unpaired) electrons. The van der Waals surface area contributed by atoms with Crippen LogP contribution in [0, 0.1) is 0 Å². The van der Waals surface area contributed by atoms with Crippen molar-refractivity contribution in [3.05, 3.63) is 35.4 Å². The molecule has 1 aromatic carbocycles. The van der Waals surface area contributed by atoms with E-state index in [4.69, 9.17) is 5.11 Å². The average molecular weight is 233 g/mol. The van der Waals surface area contributed by atoms with Crippen LogP contribution in [0.25, 0.3) is 0 Å². The van der Waals surface area contributed by atoms with E-state index in [1.165, 1.54) is 6.92 Å². The van der Waals surface area contributed by atoms with Crippen molar-refractivity contribution in [2.45, 2.75) is 31.7 Å². The highest BCUT2D eigenvalue weighted by molar-refractivity contribution is 5.94. The zero-order valence-corrected chi connectivity index (χ0v) is 9.69. The van der Waals surface area contributed by atoms with Gasteiger partial charge in [-0.15, -0.1) is 0 Å². The van der Waals surface area contributed by atoms with Gasteiger partial charge in [0.15, 0.2) is 5.78 Å². The SMILES string of the molecule is CC(=O)c1ccc(C2(NC(=O)O)CCC2)cc1. The average Bonchev–Trinajstić information content (AvgIpc) is 2.23. The fraction of sp³-hybridized carbons (Fsp3) is 0.385. The third kappa shape index (κ3) is 2.16. The summed E-state index contributed by atoms with van der Waals surface area (Å²) in [4.78, 5) is 21.9. The van der Waals surface area contributed by atoms with Gasteiger partial charge in [0.25, 0.3) is 0 Å². The van der Waals surface area contributed by atoms with Crippen LogP contribution in [0.15, 0.2) is 24.3 Å². The Bertz CT molecular complexity index is 446. The lowest BCUT2D eigenvalue weighted by Crippen LogP contribution is -2.50. The molecule has 2 N–H and O–H groups in total. The first-order chi connectivity index (χ1) is 8.03. The molecule has 2 rings (SSSR count). The van der Waals surface area contributed by atoms with Crippen molar-refractivity contribution < 1.29 is 14.7 Å². The van der Waals surface area contributed by atoms with Gasteiger partial charge in [-0.3, -0.25) is 4.79 Å². The summed E-state index contributed by atoms with van der Waals surface area (Å²) in [6.45, 7) is 1.52. The first-order valence-corrected chi connectivity index (χ1v) is 5.66. The molecule has 17 heavy (non-hydrogen) atoms. The summed E-state index contributed by atoms with van der Waals surface area (Å²) in [5, 5.41) is 11.4. The Morgan fingerprint density at radius 3 is 2.18 bits per heavy atom. The summed E-state index contributed by atoms with van der Waals surface area (Å²) in [6.07, 6.45) is 1.66. The molecular formula is C13H15NO3. The molecule has 0 heterocycles. The van der Waals surface area contributed by atoms with E-state index >= 15 is 0 Å². The van der Waals surface area contributed by atoms with Crippen molar-refractivity contribution in [1.29, 1.82) is 0 Å². The minimum atomic E-state index is -1.000. The van der Waals surface area contributed by atoms with Crippen molar-refractivity contribution in [3.63, 3.8) is 0 Å². The molecule has 0 spiro atoms. The number of hydrogen-bond acceptors (Lipinski definition) is 2. The molecule has 1 saturated carbocycles. The Kier molecular flexibility index (Phi) is 2.88. The molecule has 4 nitrogen and oxygen atoms in total. The van der Waals surface area contributed by atoms with Crippen molar-refractivity contribution >= 4 is 11.9 Å². The molecule has 0 bridgehead atoms. The first kappa shape index (κ1) is 11.6. The second-order valence-electron chi connectivity index (χ2n) is 4.50. The van der Waals surface area contributed by atoms with Crippen LogP contribution in [0.4, 0.5) is 4.79 Å². The van der Waals surface area contributed by atoms with E-state index < -0.39 is 11.6 Å². The van der Waals surface area contributed by atoms with Gasteiger partial charge in [-0.2, -0.15) is 0 Å². The van der Waals surface area contributed by atoms with Gasteiger partial charge in [-0.1, -0.05) is 24.3 Å². The van der Waals surface area contributed by atoms with Crippen LogP contribution in [0.5, 0.6) is 0 Å². The summed E-state index contributed by atoms with van der Waals surface area (Å²) >= 11 is 0. The Morgan fingerprint density at radius 1 is 1.24 bits per heavy atom. The van der Waals surface area contributed by atoms with Crippen LogP contribution in [-0.4, -0.2) is 17.0 Å². The van der Waals surface area contributed by atoms with Gasteiger partial charge >= 0.3 is 6.09 Å². The Morgan fingerprint density at radius 2 is 1.82 bits per heavy atom. The highest BCUT2D eigenvalue weighted by atomic mass is 16.4. The van der Waals surface area contributed by atoms with E-state index in [0.29, 0.717) is 5.56 Å². The summed E-state index contributed by atoms with van der Waals surface area (Å²) in [5.41, 5.74) is 1.15. The molecule has 0 aromatic heterocycles. The van der Waals surface area contributed by atoms with Gasteiger partial charge in [0.2, 0.25) is 0 Å². The third-order valence-electron chi connectivity index (χ3n) is 3.40. The van der Waals surface area contributed by atoms with Gasteiger partial charge in [0.05, 0.1) is 5.54 Å². The van der Waals surface area contributed by atoms with E-state index in [-0.39, 0.29) is 5.78 Å². The standard InChI is InChI=1S/C13H15NO3/c1-9(15)10-3-5-11(6-4-10)13(7-2-8-13)14-12(16)17/h3-6,14H,2,7-8H2,1H3,(H,16,17). The predicted octanol–water partition coefficient (Wildman–Crippen LogP) is 2.54. The number of carboxylic acid groups (broad SMARTS) is 1. The topological polar surface area (TPSA) is 66.4 Å². The normalized spacial score (nSPS) is 17.0. The summed E-state index contributed by atoms with van der Waals surface area (Å²) in [7, 11) is 0. The monoisotopic (exact) mass is 233 g/mol. The van der Waals surface area contributed by atoms with Crippen LogP contribution in [-0.2, 0) is 5.54 Å². The molecule has 4 heteroatoms. The van der Waals surface area contributed by atoms with Gasteiger partial charge in [-0.25, -0.2) is 4.79 Å². The quantitative estimate of drug-likeness (QED) is 0.788. The highest BCUT2D eigenvalue weighted by Gasteiger charge is 2.40. The van der Waals surface area contributed by atoms with Crippen LogP contribution in [0.2, 0.25) is 0 Å². The van der Waals surface area contributed by atoms with E-state index in [0.717, 1.165) is 24.8 Å². The number of nitrogens with one attached hydrogen (secondary N) is 1. The molecule has 0 aliphatic heterocycles. The maximum absolute atomic E-state index is 11.2. The molecule has 1 aromatic rings. The smallest absolute Gasteiger partial charge is 0.405 e. The maximum Gasteiger partial charge on any atom is 0.405 e. The molecular weight excluding hydrogens is 218 g/mol. The van der Waals surface area contributed by atoms with E-state index in [2.05, 4.69) is 5.32 Å². The highest BCUT2D eigenvalue weighted by Crippen LogP contribution is 2.41. The first-order valence-electron chi connectivity index (χ1n) is 5.66. The van der Waals surface area contributed by atoms with Crippen LogP contribution in [0.3, 0.4) is 0 Å². The molecule has 1 amide bonds. The lowest BCUT2D eigenvalue weighted by molar-refractivity contribution is 0.101. The van der Waals surface area contributed by atoms with Gasteiger partial charge < -0.3 is 10.4 Å². The molecule has 1 fully saturated rings. The molecule has 0 atom stereocenters. The largest absolute Gasteiger partial charge is 0.465 e. The third-order valence-corrected chi connectivity index (χ3v) is 3.40. The molecule has 90 valence electrons. The number of rotatable bonds is 3. The van der Waals surface area contributed by atoms with Gasteiger partial charge in [0, 0.05) is 5.56 Å². The van der Waals surface area contributed by atoms with Crippen molar-refractivity contribution in [2.75, 3.05) is 0 Å². The summed E-state index contributed by atoms with van der Waals surface area (Å²) in [5.74, 6) is 0.0189. The number of hydrogen-bond donors (Lipinski definition) is 2. The molecule has 1 aliphatic rings. The minimum absolute atomic E-state index is 0.0189. The van der Waals surface area contributed by atoms with Crippen molar-refractivity contribution in [2.24, 2.45) is 0 Å². The number of carbonyl (C=O) groups is 2. The summed E-state index contributed by atoms with van der Waals surface area (Å²) in [6, 6.07) is 7.18. The molecule has 0 saturated heterocycles. The Labute approximate surface area is 99.6 Å². The van der Waals surface area contributed by atoms with Crippen molar-refractivity contribution in [1.82, 2.24) is 5.32 Å². The van der Waals surface area contributed by atoms with E-state index in [9.17, 15) is 9.59 Å². The number of Topliss-reactive ketones (excluding diaryl/α,β-unsaturated/α-hetero) is 1. The number of benzene rings is 1. The minimum Gasteiger partial charge on any atom is -0.465 e. The van der Waals surface area contributed by atoms with E-state index in [1.807, 2.05) is 12.1 Å². The number of carbonyl (C=O) groups excluding carboxylic acids is 1. The van der Waals surface area contributed by atoms with Crippen LogP contribution in [0.1, 0.15) is 42.1 Å². The Hall–Kier alpha value is -1.84. The molecule has 1 aliphatic carbocycles. The fourth-order valence-electron chi connectivity index (χ4n) is 2.24. The van der Waals surface area contributed by atoms with Gasteiger partial charge in [0.1, 0.15) is 0 Å². The summed E-state index contributed by atoms with van der Waals surface area (Å²) < 4.78 is 0. The van der Waals surface area contributed by atoms with Crippen molar-refractivity contribution in [3.8, 4) is 0 Å². The zero-order chi connectivity index (χ0) is 12.5. The maximum atomic E-state index is 11.2. The van der Waals surface area contributed by atoms with Crippen LogP contribution >= 0.6 is 0 Å². The Balaban J connectivity index is 2.26. The second-order valence-corrected chi connectivity index (χ2v) is 4.50. The molecule has 0 unspecified atom stereocenters. The van der Waals surface area contributed by atoms with E-state index in [1.54, 1.807) is 12.1 Å². The lowest BCUT2D eigenvalue weighted by atomic mass is 9.72. The second kappa shape index (κ2) is 4.20. The van der Waals surface area contributed by atoms with Crippen LogP contribution < -0.4 is 5.32 Å².